The van der Waals surface area contributed by atoms with Gasteiger partial charge in [0.1, 0.15) is 5.75 Å². The van der Waals surface area contributed by atoms with Crippen LogP contribution >= 0.6 is 0 Å². The number of ether oxygens (including phenoxy) is 1. The van der Waals surface area contributed by atoms with Crippen molar-refractivity contribution in [2.45, 2.75) is 26.3 Å². The Kier molecular flexibility index (Phi) is 4.48. The predicted molar refractivity (Wildman–Crippen MR) is 79.5 cm³/mol. The minimum Gasteiger partial charge on any atom is -0.497 e. The predicted octanol–water partition coefficient (Wildman–Crippen LogP) is 2.46. The van der Waals surface area contributed by atoms with E-state index in [1.165, 1.54) is 11.1 Å². The monoisotopic (exact) mass is 262 g/mol. The topological polar surface area (TPSA) is 38.5 Å². The zero-order chi connectivity index (χ0) is 14.0. The number of hydrogen-bond donors (Lipinski definition) is 1. The second kappa shape index (κ2) is 5.93. The van der Waals surface area contributed by atoms with E-state index < -0.39 is 0 Å². The Hall–Kier alpha value is -1.06. The molecule has 0 aliphatic carbocycles. The van der Waals surface area contributed by atoms with Crippen molar-refractivity contribution in [3.8, 4) is 5.75 Å². The zero-order valence-electron chi connectivity index (χ0n) is 12.5. The first-order valence-electron chi connectivity index (χ1n) is 7.15. The van der Waals surface area contributed by atoms with Crippen molar-refractivity contribution in [2.75, 3.05) is 27.2 Å². The van der Waals surface area contributed by atoms with Crippen LogP contribution < -0.4 is 10.5 Å². The molecule has 0 amide bonds. The molecule has 1 aromatic carbocycles. The standard InChI is InChI=1S/C16H26N2O/c1-11(2)15(10-17)16-14-6-5-13(19-4)9-12(14)7-8-18(16)3/h5-6,9,11,15-16H,7-8,10,17H2,1-4H3. The van der Waals surface area contributed by atoms with E-state index >= 15 is 0 Å². The molecule has 1 aliphatic rings. The molecule has 0 aromatic heterocycles. The van der Waals surface area contributed by atoms with E-state index in [0.717, 1.165) is 25.3 Å². The number of rotatable bonds is 4. The summed E-state index contributed by atoms with van der Waals surface area (Å²) in [7, 11) is 3.94. The average molecular weight is 262 g/mol. The third-order valence-electron chi connectivity index (χ3n) is 4.41. The molecule has 1 aromatic rings. The summed E-state index contributed by atoms with van der Waals surface area (Å²) in [4.78, 5) is 2.45. The van der Waals surface area contributed by atoms with Crippen LogP contribution in [0.1, 0.15) is 31.0 Å². The average Bonchev–Trinajstić information content (AvgIpc) is 2.41. The molecule has 3 heteroatoms. The first-order valence-corrected chi connectivity index (χ1v) is 7.15. The van der Waals surface area contributed by atoms with Gasteiger partial charge in [-0.2, -0.15) is 0 Å². The summed E-state index contributed by atoms with van der Waals surface area (Å²) in [5.74, 6) is 2.04. The van der Waals surface area contributed by atoms with Crippen molar-refractivity contribution < 1.29 is 4.74 Å². The quantitative estimate of drug-likeness (QED) is 0.906. The maximum absolute atomic E-state index is 6.03. The van der Waals surface area contributed by atoms with E-state index in [1.807, 2.05) is 0 Å². The van der Waals surface area contributed by atoms with Gasteiger partial charge in [0.25, 0.3) is 0 Å². The molecule has 0 radical (unpaired) electrons. The Morgan fingerprint density at radius 1 is 1.42 bits per heavy atom. The van der Waals surface area contributed by atoms with Gasteiger partial charge in [-0.05, 0) is 55.1 Å². The van der Waals surface area contributed by atoms with Gasteiger partial charge in [0, 0.05) is 12.6 Å². The van der Waals surface area contributed by atoms with Crippen LogP contribution in [0.2, 0.25) is 0 Å². The van der Waals surface area contributed by atoms with Crippen LogP contribution in [0.5, 0.6) is 5.75 Å². The number of benzene rings is 1. The van der Waals surface area contributed by atoms with Crippen LogP contribution in [0.3, 0.4) is 0 Å². The fourth-order valence-electron chi connectivity index (χ4n) is 3.21. The van der Waals surface area contributed by atoms with Gasteiger partial charge in [0.15, 0.2) is 0 Å². The van der Waals surface area contributed by atoms with Crippen LogP contribution in [-0.4, -0.2) is 32.1 Å². The van der Waals surface area contributed by atoms with Gasteiger partial charge in [-0.3, -0.25) is 4.90 Å². The number of nitrogens with zero attached hydrogens (tertiary/aromatic N) is 1. The number of fused-ring (bicyclic) bond motifs is 1. The smallest absolute Gasteiger partial charge is 0.119 e. The van der Waals surface area contributed by atoms with Crippen molar-refractivity contribution >= 4 is 0 Å². The fraction of sp³-hybridized carbons (Fsp3) is 0.625. The van der Waals surface area contributed by atoms with Crippen molar-refractivity contribution in [2.24, 2.45) is 17.6 Å². The first-order chi connectivity index (χ1) is 9.08. The molecular formula is C16H26N2O. The number of nitrogens with two attached hydrogens (primary N) is 1. The van der Waals surface area contributed by atoms with Gasteiger partial charge in [-0.1, -0.05) is 19.9 Å². The third-order valence-corrected chi connectivity index (χ3v) is 4.41. The Bertz CT molecular complexity index is 431. The van der Waals surface area contributed by atoms with E-state index in [9.17, 15) is 0 Å². The number of likely N-dealkylation sites (N-methyl/N-ethyl adjacent to an activating group) is 1. The molecule has 106 valence electrons. The Labute approximate surface area is 116 Å². The van der Waals surface area contributed by atoms with Crippen molar-refractivity contribution in [1.82, 2.24) is 4.90 Å². The highest BCUT2D eigenvalue weighted by Crippen LogP contribution is 2.38. The molecule has 0 saturated heterocycles. The Morgan fingerprint density at radius 2 is 2.16 bits per heavy atom. The number of hydrogen-bond acceptors (Lipinski definition) is 3. The fourth-order valence-corrected chi connectivity index (χ4v) is 3.21. The van der Waals surface area contributed by atoms with Crippen LogP contribution in [0, 0.1) is 11.8 Å². The lowest BCUT2D eigenvalue weighted by atomic mass is 9.79. The molecule has 2 rings (SSSR count). The van der Waals surface area contributed by atoms with Gasteiger partial charge in [0.05, 0.1) is 7.11 Å². The van der Waals surface area contributed by atoms with Gasteiger partial charge < -0.3 is 10.5 Å². The molecule has 1 heterocycles. The van der Waals surface area contributed by atoms with E-state index in [0.29, 0.717) is 17.9 Å². The molecule has 1 aliphatic heterocycles. The molecule has 2 N–H and O–H groups in total. The van der Waals surface area contributed by atoms with E-state index in [2.05, 4.69) is 44.0 Å². The van der Waals surface area contributed by atoms with E-state index in [4.69, 9.17) is 10.5 Å². The van der Waals surface area contributed by atoms with Gasteiger partial charge in [-0.25, -0.2) is 0 Å². The van der Waals surface area contributed by atoms with Crippen LogP contribution in [0.15, 0.2) is 18.2 Å². The summed E-state index contributed by atoms with van der Waals surface area (Å²) >= 11 is 0. The summed E-state index contributed by atoms with van der Waals surface area (Å²) in [6.45, 7) is 6.36. The van der Waals surface area contributed by atoms with E-state index in [1.54, 1.807) is 7.11 Å². The second-order valence-corrected chi connectivity index (χ2v) is 5.88. The molecule has 0 bridgehead atoms. The SMILES string of the molecule is COc1ccc2c(c1)CCN(C)C2C(CN)C(C)C. The molecule has 19 heavy (non-hydrogen) atoms. The third kappa shape index (κ3) is 2.77. The Morgan fingerprint density at radius 3 is 2.74 bits per heavy atom. The lowest BCUT2D eigenvalue weighted by Gasteiger charge is -2.41. The summed E-state index contributed by atoms with van der Waals surface area (Å²) in [6, 6.07) is 6.90. The molecule has 2 unspecified atom stereocenters. The highest BCUT2D eigenvalue weighted by Gasteiger charge is 2.32. The molecular weight excluding hydrogens is 236 g/mol. The van der Waals surface area contributed by atoms with Gasteiger partial charge >= 0.3 is 0 Å². The van der Waals surface area contributed by atoms with Crippen molar-refractivity contribution in [3.63, 3.8) is 0 Å². The summed E-state index contributed by atoms with van der Waals surface area (Å²) in [6.07, 6.45) is 1.09. The summed E-state index contributed by atoms with van der Waals surface area (Å²) in [5.41, 5.74) is 8.88. The Balaban J connectivity index is 2.40. The second-order valence-electron chi connectivity index (χ2n) is 5.88. The molecule has 3 nitrogen and oxygen atoms in total. The zero-order valence-corrected chi connectivity index (χ0v) is 12.5. The minimum atomic E-state index is 0.430. The van der Waals surface area contributed by atoms with Crippen LogP contribution in [0.25, 0.3) is 0 Å². The maximum Gasteiger partial charge on any atom is 0.119 e. The highest BCUT2D eigenvalue weighted by atomic mass is 16.5. The van der Waals surface area contributed by atoms with Crippen LogP contribution in [0.4, 0.5) is 0 Å². The molecule has 0 spiro atoms. The number of methoxy groups -OCH3 is 1. The lowest BCUT2D eigenvalue weighted by Crippen LogP contribution is -2.41. The highest BCUT2D eigenvalue weighted by molar-refractivity contribution is 5.39. The normalized spacial score (nSPS) is 21.3. The molecule has 0 fully saturated rings. The van der Waals surface area contributed by atoms with Gasteiger partial charge in [0.2, 0.25) is 0 Å². The van der Waals surface area contributed by atoms with Crippen LogP contribution in [-0.2, 0) is 6.42 Å². The maximum atomic E-state index is 6.03. The van der Waals surface area contributed by atoms with Crippen molar-refractivity contribution in [1.29, 1.82) is 0 Å². The largest absolute Gasteiger partial charge is 0.497 e. The minimum absolute atomic E-state index is 0.430. The molecule has 0 saturated carbocycles. The van der Waals surface area contributed by atoms with E-state index in [-0.39, 0.29) is 0 Å². The van der Waals surface area contributed by atoms with Crippen molar-refractivity contribution in [3.05, 3.63) is 29.3 Å². The summed E-state index contributed by atoms with van der Waals surface area (Å²) in [5, 5.41) is 0. The lowest BCUT2D eigenvalue weighted by molar-refractivity contribution is 0.137. The first kappa shape index (κ1) is 14.4. The molecule has 2 atom stereocenters. The van der Waals surface area contributed by atoms with Gasteiger partial charge in [-0.15, -0.1) is 0 Å². The summed E-state index contributed by atoms with van der Waals surface area (Å²) < 4.78 is 5.34.